The molecule has 1 aromatic carbocycles. The largest absolute Gasteiger partial charge is 0.497 e. The summed E-state index contributed by atoms with van der Waals surface area (Å²) in [4.78, 5) is 0. The van der Waals surface area contributed by atoms with Gasteiger partial charge < -0.3 is 14.0 Å². The highest BCUT2D eigenvalue weighted by atomic mass is 19.4. The van der Waals surface area contributed by atoms with E-state index in [4.69, 9.17) is 14.0 Å². The summed E-state index contributed by atoms with van der Waals surface area (Å²) >= 11 is 0. The van der Waals surface area contributed by atoms with E-state index < -0.39 is 53.0 Å². The Balaban J connectivity index is 2.00. The Bertz CT molecular complexity index is 943. The zero-order valence-electron chi connectivity index (χ0n) is 17.9. The van der Waals surface area contributed by atoms with Crippen LogP contribution < -0.4 is 5.46 Å². The van der Waals surface area contributed by atoms with Gasteiger partial charge in [-0.2, -0.15) is 18.3 Å². The van der Waals surface area contributed by atoms with Gasteiger partial charge in [0.25, 0.3) is 0 Å². The van der Waals surface area contributed by atoms with Crippen LogP contribution in [0.15, 0.2) is 18.3 Å². The van der Waals surface area contributed by atoms with E-state index in [1.165, 1.54) is 13.2 Å². The molecule has 0 atom stereocenters. The monoisotopic (exact) mass is 446 g/mol. The minimum Gasteiger partial charge on any atom is -0.399 e. The van der Waals surface area contributed by atoms with Crippen molar-refractivity contribution >= 4 is 12.6 Å². The first-order chi connectivity index (χ1) is 14.3. The van der Waals surface area contributed by atoms with Crippen LogP contribution in [-0.2, 0) is 26.8 Å². The van der Waals surface area contributed by atoms with Crippen LogP contribution in [0, 0.1) is 11.6 Å². The molecule has 31 heavy (non-hydrogen) atoms. The molecule has 5 nitrogen and oxygen atoms in total. The average molecular weight is 446 g/mol. The van der Waals surface area contributed by atoms with E-state index in [9.17, 15) is 22.0 Å². The summed E-state index contributed by atoms with van der Waals surface area (Å²) in [6, 6.07) is 2.27. The highest BCUT2D eigenvalue weighted by molar-refractivity contribution is 6.62. The Kier molecular flexibility index (Phi) is 6.25. The minimum atomic E-state index is -4.84. The Hall–Kier alpha value is -1.98. The first-order valence-corrected chi connectivity index (χ1v) is 9.76. The number of ether oxygens (including phenoxy) is 1. The van der Waals surface area contributed by atoms with Gasteiger partial charge >= 0.3 is 13.3 Å². The third-order valence-electron chi connectivity index (χ3n) is 5.68. The summed E-state index contributed by atoms with van der Waals surface area (Å²) in [6.45, 7) is 7.47. The van der Waals surface area contributed by atoms with E-state index in [0.717, 1.165) is 16.9 Å². The van der Waals surface area contributed by atoms with Gasteiger partial charge in [-0.1, -0.05) is 12.1 Å². The number of hydrogen-bond acceptors (Lipinski definition) is 4. The molecular formula is C20H24BF5N2O3. The van der Waals surface area contributed by atoms with Crippen LogP contribution in [0.1, 0.15) is 39.8 Å². The number of alkyl halides is 3. The summed E-state index contributed by atoms with van der Waals surface area (Å²) in [5.41, 5.74) is -4.16. The first kappa shape index (κ1) is 23.7. The Morgan fingerprint density at radius 2 is 1.65 bits per heavy atom. The third-order valence-corrected chi connectivity index (χ3v) is 5.68. The topological polar surface area (TPSA) is 45.5 Å². The van der Waals surface area contributed by atoms with Crippen molar-refractivity contribution in [1.82, 2.24) is 9.78 Å². The molecular weight excluding hydrogens is 422 g/mol. The molecule has 1 aliphatic heterocycles. The van der Waals surface area contributed by atoms with Crippen LogP contribution in [-0.4, -0.2) is 41.8 Å². The number of aryl methyl sites for hydroxylation is 1. The Morgan fingerprint density at radius 1 is 1.03 bits per heavy atom. The third kappa shape index (κ3) is 4.49. The van der Waals surface area contributed by atoms with Crippen LogP contribution in [0.25, 0.3) is 11.1 Å². The molecule has 0 amide bonds. The van der Waals surface area contributed by atoms with Crippen molar-refractivity contribution in [2.75, 3.05) is 13.7 Å². The van der Waals surface area contributed by atoms with Crippen LogP contribution in [0.5, 0.6) is 0 Å². The van der Waals surface area contributed by atoms with Crippen LogP contribution >= 0.6 is 0 Å². The summed E-state index contributed by atoms with van der Waals surface area (Å²) in [5, 5.41) is 3.54. The quantitative estimate of drug-likeness (QED) is 0.380. The van der Waals surface area contributed by atoms with Crippen molar-refractivity contribution in [1.29, 1.82) is 0 Å². The summed E-state index contributed by atoms with van der Waals surface area (Å²) in [7, 11) is 0.280. The van der Waals surface area contributed by atoms with Gasteiger partial charge in [-0.05, 0) is 34.1 Å². The molecule has 3 rings (SSSR count). The van der Waals surface area contributed by atoms with Crippen molar-refractivity contribution < 1.29 is 36.0 Å². The lowest BCUT2D eigenvalue weighted by molar-refractivity contribution is -0.141. The molecule has 0 bridgehead atoms. The number of benzene rings is 1. The zero-order valence-corrected chi connectivity index (χ0v) is 17.9. The van der Waals surface area contributed by atoms with Gasteiger partial charge in [-0.3, -0.25) is 4.68 Å². The molecule has 0 aliphatic carbocycles. The highest BCUT2D eigenvalue weighted by Gasteiger charge is 2.52. The van der Waals surface area contributed by atoms with Gasteiger partial charge in [0, 0.05) is 43.0 Å². The second-order valence-electron chi connectivity index (χ2n) is 8.42. The van der Waals surface area contributed by atoms with E-state index in [-0.39, 0.29) is 12.0 Å². The number of nitrogens with zero attached hydrogens (tertiary/aromatic N) is 2. The van der Waals surface area contributed by atoms with Gasteiger partial charge in [0.1, 0.15) is 0 Å². The maximum absolute atomic E-state index is 15.0. The molecule has 1 saturated heterocycles. The fraction of sp³-hybridized carbons (Fsp3) is 0.550. The van der Waals surface area contributed by atoms with E-state index in [0.29, 0.717) is 13.0 Å². The number of halogens is 5. The molecule has 11 heteroatoms. The molecule has 170 valence electrons. The van der Waals surface area contributed by atoms with Gasteiger partial charge in [0.2, 0.25) is 0 Å². The predicted molar refractivity (Wildman–Crippen MR) is 105 cm³/mol. The second kappa shape index (κ2) is 8.18. The fourth-order valence-electron chi connectivity index (χ4n) is 3.24. The molecule has 0 spiro atoms. The molecule has 1 aliphatic rings. The molecule has 0 unspecified atom stereocenters. The van der Waals surface area contributed by atoms with Crippen LogP contribution in [0.2, 0.25) is 0 Å². The predicted octanol–water partition coefficient (Wildman–Crippen LogP) is 4.18. The number of hydrogen-bond donors (Lipinski definition) is 0. The van der Waals surface area contributed by atoms with Gasteiger partial charge in [-0.25, -0.2) is 8.78 Å². The lowest BCUT2D eigenvalue weighted by atomic mass is 9.78. The van der Waals surface area contributed by atoms with Crippen LogP contribution in [0.3, 0.4) is 0 Å². The molecule has 1 aromatic heterocycles. The van der Waals surface area contributed by atoms with Crippen LogP contribution in [0.4, 0.5) is 22.0 Å². The number of aromatic nitrogens is 2. The van der Waals surface area contributed by atoms with Crippen molar-refractivity contribution in [2.45, 2.75) is 58.0 Å². The average Bonchev–Trinajstić information content (AvgIpc) is 3.16. The smallest absolute Gasteiger partial charge is 0.399 e. The zero-order chi connectivity index (χ0) is 23.2. The van der Waals surface area contributed by atoms with E-state index >= 15 is 0 Å². The van der Waals surface area contributed by atoms with Crippen molar-refractivity contribution in [2.24, 2.45) is 0 Å². The molecule has 0 radical (unpaired) electrons. The Morgan fingerprint density at radius 3 is 2.19 bits per heavy atom. The number of methoxy groups -OCH3 is 1. The first-order valence-electron chi connectivity index (χ1n) is 9.76. The summed E-state index contributed by atoms with van der Waals surface area (Å²) in [5.74, 6) is -2.74. The Labute approximate surface area is 177 Å². The van der Waals surface area contributed by atoms with Gasteiger partial charge in [0.15, 0.2) is 17.3 Å². The second-order valence-corrected chi connectivity index (χ2v) is 8.42. The van der Waals surface area contributed by atoms with E-state index in [2.05, 4.69) is 5.10 Å². The molecule has 0 N–H and O–H groups in total. The molecule has 1 fully saturated rings. The molecule has 0 saturated carbocycles. The lowest BCUT2D eigenvalue weighted by Gasteiger charge is -2.32. The lowest BCUT2D eigenvalue weighted by Crippen LogP contribution is -2.41. The number of rotatable bonds is 6. The molecule has 2 aromatic rings. The SMILES string of the molecule is COCCCn1cc(-c2ccc(B3OC(C)(C)C(C)(C)O3)c(F)c2F)c(C(F)(F)F)n1. The molecule has 2 heterocycles. The normalized spacial score (nSPS) is 18.1. The standard InChI is InChI=1S/C20H24BF5N2O3/c1-18(2)19(3,4)31-21(30-18)14-8-7-12(15(22)16(14)23)13-11-28(9-6-10-29-5)27-17(13)20(24,25)26/h7-8,11H,6,9-10H2,1-5H3. The van der Waals surface area contributed by atoms with E-state index in [1.807, 2.05) is 0 Å². The summed E-state index contributed by atoms with van der Waals surface area (Å²) in [6.07, 6.45) is -3.37. The minimum absolute atomic E-state index is 0.132. The maximum atomic E-state index is 15.0. The van der Waals surface area contributed by atoms with Crippen molar-refractivity contribution in [3.8, 4) is 11.1 Å². The van der Waals surface area contributed by atoms with Gasteiger partial charge in [0.05, 0.1) is 11.2 Å². The van der Waals surface area contributed by atoms with E-state index in [1.54, 1.807) is 27.7 Å². The van der Waals surface area contributed by atoms with Gasteiger partial charge in [-0.15, -0.1) is 0 Å². The summed E-state index contributed by atoms with van der Waals surface area (Å²) < 4.78 is 87.8. The maximum Gasteiger partial charge on any atom is 0.497 e. The van der Waals surface area contributed by atoms with Crippen molar-refractivity contribution in [3.63, 3.8) is 0 Å². The fourth-order valence-corrected chi connectivity index (χ4v) is 3.24. The van der Waals surface area contributed by atoms with Crippen molar-refractivity contribution in [3.05, 3.63) is 35.7 Å². The highest BCUT2D eigenvalue weighted by Crippen LogP contribution is 2.39.